The minimum absolute atomic E-state index is 0. The molecule has 2 nitrogen and oxygen atoms in total. The van der Waals surface area contributed by atoms with Crippen molar-refractivity contribution in [2.45, 2.75) is 19.1 Å². The molecule has 8 heteroatoms. The third-order valence-electron chi connectivity index (χ3n) is 3.37. The first kappa shape index (κ1) is 18.7. The molecule has 0 unspecified atom stereocenters. The third-order valence-corrected chi connectivity index (χ3v) is 3.83. The van der Waals surface area contributed by atoms with Gasteiger partial charge in [-0.2, -0.15) is 13.2 Å². The lowest BCUT2D eigenvalue weighted by Crippen LogP contribution is -2.49. The average molecular weight is 392 g/mol. The van der Waals surface area contributed by atoms with Gasteiger partial charge >= 0.3 is 6.18 Å². The fourth-order valence-corrected chi connectivity index (χ4v) is 3.06. The summed E-state index contributed by atoms with van der Waals surface area (Å²) in [7, 11) is 0. The predicted octanol–water partition coefficient (Wildman–Crippen LogP) is 3.83. The summed E-state index contributed by atoms with van der Waals surface area (Å²) in [6.07, 6.45) is -4.51. The van der Waals surface area contributed by atoms with Crippen LogP contribution in [0.2, 0.25) is 0 Å². The molecule has 1 aromatic carbocycles. The summed E-state index contributed by atoms with van der Waals surface area (Å²) in [6.45, 7) is 2.90. The zero-order valence-electron chi connectivity index (χ0n) is 11.3. The first-order valence-electron chi connectivity index (χ1n) is 6.27. The number of alkyl halides is 3. The number of benzene rings is 1. The smallest absolute Gasteiger partial charge is 0.314 e. The Labute approximate surface area is 135 Å². The minimum atomic E-state index is -4.51. The molecule has 1 N–H and O–H groups in total. The Morgan fingerprint density at radius 3 is 2.33 bits per heavy atom. The Morgan fingerprint density at radius 2 is 1.81 bits per heavy atom. The van der Waals surface area contributed by atoms with Crippen molar-refractivity contribution in [3.63, 3.8) is 0 Å². The first-order chi connectivity index (χ1) is 9.30. The van der Waals surface area contributed by atoms with Crippen LogP contribution in [0.15, 0.2) is 16.6 Å². The first-order valence-corrected chi connectivity index (χ1v) is 7.07. The number of rotatable bonds is 2. The van der Waals surface area contributed by atoms with Crippen molar-refractivity contribution in [1.29, 1.82) is 0 Å². The van der Waals surface area contributed by atoms with Crippen molar-refractivity contribution in [1.82, 2.24) is 10.2 Å². The van der Waals surface area contributed by atoms with Gasteiger partial charge in [0.05, 0.1) is 0 Å². The van der Waals surface area contributed by atoms with Crippen LogP contribution in [0.3, 0.4) is 0 Å². The fourth-order valence-electron chi connectivity index (χ4n) is 2.47. The Hall–Kier alpha value is -0.370. The van der Waals surface area contributed by atoms with Gasteiger partial charge in [-0.05, 0) is 24.6 Å². The van der Waals surface area contributed by atoms with Crippen LogP contribution in [-0.4, -0.2) is 37.3 Å². The van der Waals surface area contributed by atoms with Gasteiger partial charge in [0.2, 0.25) is 0 Å². The number of hydrogen-bond acceptors (Lipinski definition) is 2. The lowest BCUT2D eigenvalue weighted by Gasteiger charge is -2.36. The molecule has 1 aromatic rings. The minimum Gasteiger partial charge on any atom is -0.314 e. The summed E-state index contributed by atoms with van der Waals surface area (Å²) in [5.41, 5.74) is -0.106. The highest BCUT2D eigenvalue weighted by atomic mass is 79.9. The van der Waals surface area contributed by atoms with E-state index in [-0.39, 0.29) is 36.6 Å². The maximum Gasteiger partial charge on any atom is 0.408 e. The highest BCUT2D eigenvalue weighted by Crippen LogP contribution is 2.40. The molecule has 1 aliphatic rings. The average Bonchev–Trinajstić information content (AvgIpc) is 2.35. The fraction of sp³-hybridized carbons (Fsp3) is 0.538. The second-order valence-corrected chi connectivity index (χ2v) is 5.77. The van der Waals surface area contributed by atoms with Gasteiger partial charge in [-0.25, -0.2) is 4.39 Å². The second kappa shape index (κ2) is 7.26. The van der Waals surface area contributed by atoms with Crippen molar-refractivity contribution >= 4 is 28.3 Å². The van der Waals surface area contributed by atoms with Crippen molar-refractivity contribution < 1.29 is 17.6 Å². The standard InChI is InChI=1S/C13H15BrF4N2.ClH/c1-8-6-9(14)7-10(11(8)15)12(13(16,17)18)20-4-2-19-3-5-20;/h6-7,12,19H,2-5H2,1H3;1H/t12-;/m1./s1. The summed E-state index contributed by atoms with van der Waals surface area (Å²) in [4.78, 5) is 1.28. The van der Waals surface area contributed by atoms with E-state index in [0.717, 1.165) is 0 Å². The van der Waals surface area contributed by atoms with Crippen molar-refractivity contribution in [2.75, 3.05) is 26.2 Å². The van der Waals surface area contributed by atoms with Crippen LogP contribution >= 0.6 is 28.3 Å². The van der Waals surface area contributed by atoms with Gasteiger partial charge < -0.3 is 5.32 Å². The van der Waals surface area contributed by atoms with Crippen LogP contribution in [0.4, 0.5) is 17.6 Å². The van der Waals surface area contributed by atoms with E-state index in [1.165, 1.54) is 24.0 Å². The summed E-state index contributed by atoms with van der Waals surface area (Å²) in [5.74, 6) is -0.783. The molecule has 0 amide bonds. The molecule has 0 aromatic heterocycles. The number of halogens is 6. The normalized spacial score (nSPS) is 18.2. The van der Waals surface area contributed by atoms with Crippen molar-refractivity contribution in [2.24, 2.45) is 0 Å². The van der Waals surface area contributed by atoms with E-state index < -0.39 is 18.0 Å². The summed E-state index contributed by atoms with van der Waals surface area (Å²) < 4.78 is 54.8. The molecule has 1 heterocycles. The molecule has 0 radical (unpaired) electrons. The molecule has 0 bridgehead atoms. The second-order valence-electron chi connectivity index (χ2n) is 4.86. The Morgan fingerprint density at radius 1 is 1.24 bits per heavy atom. The van der Waals surface area contributed by atoms with Gasteiger partial charge in [-0.1, -0.05) is 15.9 Å². The molecule has 1 aliphatic heterocycles. The highest BCUT2D eigenvalue weighted by molar-refractivity contribution is 9.10. The van der Waals surface area contributed by atoms with Crippen molar-refractivity contribution in [3.8, 4) is 0 Å². The summed E-state index contributed by atoms with van der Waals surface area (Å²) >= 11 is 3.14. The molecule has 0 spiro atoms. The zero-order chi connectivity index (χ0) is 14.9. The van der Waals surface area contributed by atoms with Gasteiger partial charge in [0.25, 0.3) is 0 Å². The van der Waals surface area contributed by atoms with Crippen LogP contribution in [-0.2, 0) is 0 Å². The maximum absolute atomic E-state index is 14.2. The number of aryl methyl sites for hydroxylation is 1. The SMILES string of the molecule is Cc1cc(Br)cc([C@@H](N2CCNCC2)C(F)(F)F)c1F.Cl. The molecule has 21 heavy (non-hydrogen) atoms. The number of nitrogens with one attached hydrogen (secondary N) is 1. The molecule has 0 aliphatic carbocycles. The lowest BCUT2D eigenvalue weighted by atomic mass is 10.0. The van der Waals surface area contributed by atoms with Gasteiger partial charge in [0, 0.05) is 36.2 Å². The third kappa shape index (κ3) is 4.31. The van der Waals surface area contributed by atoms with Crippen LogP contribution in [0, 0.1) is 12.7 Å². The predicted molar refractivity (Wildman–Crippen MR) is 79.3 cm³/mol. The van der Waals surface area contributed by atoms with Gasteiger partial charge in [-0.15, -0.1) is 12.4 Å². The number of piperazine rings is 1. The quantitative estimate of drug-likeness (QED) is 0.771. The van der Waals surface area contributed by atoms with E-state index in [1.54, 1.807) is 0 Å². The molecular weight excluding hydrogens is 376 g/mol. The molecular formula is C13H16BrClF4N2. The van der Waals surface area contributed by atoms with Gasteiger partial charge in [-0.3, -0.25) is 4.90 Å². The molecule has 0 saturated carbocycles. The molecule has 1 atom stereocenters. The molecule has 2 rings (SSSR count). The topological polar surface area (TPSA) is 15.3 Å². The van der Waals surface area contributed by atoms with E-state index in [2.05, 4.69) is 21.2 Å². The van der Waals surface area contributed by atoms with Crippen LogP contribution in [0.25, 0.3) is 0 Å². The van der Waals surface area contributed by atoms with E-state index >= 15 is 0 Å². The molecule has 1 saturated heterocycles. The molecule has 1 fully saturated rings. The van der Waals surface area contributed by atoms with E-state index in [4.69, 9.17) is 0 Å². The van der Waals surface area contributed by atoms with E-state index in [9.17, 15) is 17.6 Å². The number of hydrogen-bond donors (Lipinski definition) is 1. The number of nitrogens with zero attached hydrogens (tertiary/aromatic N) is 1. The van der Waals surface area contributed by atoms with E-state index in [1.807, 2.05) is 0 Å². The van der Waals surface area contributed by atoms with Gasteiger partial charge in [0.1, 0.15) is 11.9 Å². The van der Waals surface area contributed by atoms with Crippen LogP contribution < -0.4 is 5.32 Å². The monoisotopic (exact) mass is 390 g/mol. The van der Waals surface area contributed by atoms with Gasteiger partial charge in [0.15, 0.2) is 0 Å². The molecule has 120 valence electrons. The Bertz CT molecular complexity index is 490. The maximum atomic E-state index is 14.2. The Balaban J connectivity index is 0.00000220. The van der Waals surface area contributed by atoms with Crippen molar-refractivity contribution in [3.05, 3.63) is 33.5 Å². The highest BCUT2D eigenvalue weighted by Gasteiger charge is 2.46. The summed E-state index contributed by atoms with van der Waals surface area (Å²) in [6, 6.07) is 0.799. The largest absolute Gasteiger partial charge is 0.408 e. The van der Waals surface area contributed by atoms with Crippen LogP contribution in [0.5, 0.6) is 0 Å². The zero-order valence-corrected chi connectivity index (χ0v) is 13.7. The Kier molecular flexibility index (Phi) is 6.46. The van der Waals surface area contributed by atoms with Crippen LogP contribution in [0.1, 0.15) is 17.2 Å². The summed E-state index contributed by atoms with van der Waals surface area (Å²) in [5, 5.41) is 3.00. The van der Waals surface area contributed by atoms with E-state index in [0.29, 0.717) is 17.6 Å². The lowest BCUT2D eigenvalue weighted by molar-refractivity contribution is -0.188.